The minimum absolute atomic E-state index is 0.546. The van der Waals surface area contributed by atoms with Crippen LogP contribution < -0.4 is 4.74 Å². The number of hydrogen-bond donors (Lipinski definition) is 0. The van der Waals surface area contributed by atoms with Gasteiger partial charge in [0.15, 0.2) is 0 Å². The zero-order valence-electron chi connectivity index (χ0n) is 11.1. The van der Waals surface area contributed by atoms with Crippen LogP contribution in [0, 0.1) is 11.8 Å². The van der Waals surface area contributed by atoms with Crippen LogP contribution in [0.25, 0.3) is 0 Å². The molecule has 0 saturated heterocycles. The molecule has 0 spiro atoms. The Bertz CT molecular complexity index is 572. The molecular weight excluding hydrogens is 274 g/mol. The number of hydrogen-bond acceptors (Lipinski definition) is 3. The molecule has 20 heavy (non-hydrogen) atoms. The molecule has 2 aromatic rings. The molecule has 0 aliphatic heterocycles. The van der Waals surface area contributed by atoms with Crippen LogP contribution in [0.3, 0.4) is 0 Å². The lowest BCUT2D eigenvalue weighted by atomic mass is 10.2. The SMILES string of the molecule is ClCCC#Cc1cncc(OCCCn2ccnc2)c1. The van der Waals surface area contributed by atoms with Gasteiger partial charge in [-0.25, -0.2) is 4.98 Å². The smallest absolute Gasteiger partial charge is 0.138 e. The fraction of sp³-hybridized carbons (Fsp3) is 0.333. The third-order valence-electron chi connectivity index (χ3n) is 2.55. The maximum absolute atomic E-state index is 5.66. The first-order valence-electron chi connectivity index (χ1n) is 6.47. The second-order valence-corrected chi connectivity index (χ2v) is 4.53. The number of ether oxygens (including phenoxy) is 1. The Morgan fingerprint density at radius 1 is 1.30 bits per heavy atom. The first kappa shape index (κ1) is 14.4. The van der Waals surface area contributed by atoms with Crippen LogP contribution in [0.5, 0.6) is 5.75 Å². The van der Waals surface area contributed by atoms with Gasteiger partial charge in [-0.1, -0.05) is 11.8 Å². The minimum atomic E-state index is 0.546. The molecule has 0 aliphatic carbocycles. The molecule has 0 N–H and O–H groups in total. The number of aromatic nitrogens is 3. The van der Waals surface area contributed by atoms with E-state index in [0.717, 1.165) is 24.3 Å². The Balaban J connectivity index is 1.78. The van der Waals surface area contributed by atoms with Crippen LogP contribution in [0.15, 0.2) is 37.2 Å². The van der Waals surface area contributed by atoms with Gasteiger partial charge in [-0.2, -0.15) is 0 Å². The average molecular weight is 290 g/mol. The van der Waals surface area contributed by atoms with E-state index < -0.39 is 0 Å². The summed E-state index contributed by atoms with van der Waals surface area (Å²) in [7, 11) is 0. The van der Waals surface area contributed by atoms with Gasteiger partial charge in [0.25, 0.3) is 0 Å². The van der Waals surface area contributed by atoms with Crippen LogP contribution in [0.2, 0.25) is 0 Å². The largest absolute Gasteiger partial charge is 0.492 e. The second kappa shape index (κ2) is 8.23. The number of imidazole rings is 1. The van der Waals surface area contributed by atoms with Crippen molar-refractivity contribution >= 4 is 11.6 Å². The van der Waals surface area contributed by atoms with E-state index in [1.807, 2.05) is 16.8 Å². The third-order valence-corrected chi connectivity index (χ3v) is 2.74. The molecular formula is C15H16ClN3O. The van der Waals surface area contributed by atoms with Gasteiger partial charge in [-0.15, -0.1) is 11.6 Å². The summed E-state index contributed by atoms with van der Waals surface area (Å²) in [6, 6.07) is 1.89. The lowest BCUT2D eigenvalue weighted by Crippen LogP contribution is -2.03. The van der Waals surface area contributed by atoms with Gasteiger partial charge >= 0.3 is 0 Å². The van der Waals surface area contributed by atoms with Crippen molar-refractivity contribution in [2.45, 2.75) is 19.4 Å². The first-order chi connectivity index (χ1) is 9.88. The molecule has 4 nitrogen and oxygen atoms in total. The van der Waals surface area contributed by atoms with Crippen LogP contribution in [0.4, 0.5) is 0 Å². The third kappa shape index (κ3) is 4.94. The summed E-state index contributed by atoms with van der Waals surface area (Å²) >= 11 is 5.58. The van der Waals surface area contributed by atoms with Gasteiger partial charge in [0, 0.05) is 43.0 Å². The molecule has 0 aliphatic rings. The highest BCUT2D eigenvalue weighted by Gasteiger charge is 1.97. The van der Waals surface area contributed by atoms with Crippen LogP contribution in [-0.2, 0) is 6.54 Å². The van der Waals surface area contributed by atoms with Crippen molar-refractivity contribution < 1.29 is 4.74 Å². The number of alkyl halides is 1. The maximum Gasteiger partial charge on any atom is 0.138 e. The monoisotopic (exact) mass is 289 g/mol. The van der Waals surface area contributed by atoms with Crippen molar-refractivity contribution in [3.63, 3.8) is 0 Å². The van der Waals surface area contributed by atoms with Crippen LogP contribution >= 0.6 is 11.6 Å². The van der Waals surface area contributed by atoms with Crippen molar-refractivity contribution in [2.75, 3.05) is 12.5 Å². The summed E-state index contributed by atoms with van der Waals surface area (Å²) in [5.41, 5.74) is 0.849. The molecule has 2 aromatic heterocycles. The van der Waals surface area contributed by atoms with E-state index in [2.05, 4.69) is 21.8 Å². The maximum atomic E-state index is 5.66. The number of halogens is 1. The van der Waals surface area contributed by atoms with E-state index in [0.29, 0.717) is 18.9 Å². The van der Waals surface area contributed by atoms with E-state index in [1.54, 1.807) is 24.9 Å². The van der Waals surface area contributed by atoms with Crippen molar-refractivity contribution in [2.24, 2.45) is 0 Å². The predicted octanol–water partition coefficient (Wildman–Crippen LogP) is 2.73. The Labute approximate surface area is 123 Å². The van der Waals surface area contributed by atoms with Gasteiger partial charge in [0.2, 0.25) is 0 Å². The van der Waals surface area contributed by atoms with Gasteiger partial charge in [-0.05, 0) is 12.5 Å². The summed E-state index contributed by atoms with van der Waals surface area (Å²) in [5.74, 6) is 7.28. The number of pyridine rings is 1. The van der Waals surface area contributed by atoms with Gasteiger partial charge in [0.1, 0.15) is 5.75 Å². The molecule has 0 saturated carbocycles. The summed E-state index contributed by atoms with van der Waals surface area (Å²) in [6.45, 7) is 1.53. The first-order valence-corrected chi connectivity index (χ1v) is 7.00. The molecule has 0 unspecified atom stereocenters. The molecule has 0 bridgehead atoms. The lowest BCUT2D eigenvalue weighted by Gasteiger charge is -2.06. The van der Waals surface area contributed by atoms with E-state index in [9.17, 15) is 0 Å². The minimum Gasteiger partial charge on any atom is -0.492 e. The Morgan fingerprint density at radius 2 is 2.25 bits per heavy atom. The second-order valence-electron chi connectivity index (χ2n) is 4.15. The molecule has 104 valence electrons. The standard InChI is InChI=1S/C15H16ClN3O/c16-5-2-1-4-14-10-15(12-18-11-14)20-9-3-7-19-8-6-17-13-19/h6,8,10-13H,2-3,5,7,9H2. The molecule has 0 radical (unpaired) electrons. The van der Waals surface area contributed by atoms with Crippen LogP contribution in [0.1, 0.15) is 18.4 Å². The molecule has 0 amide bonds. The van der Waals surface area contributed by atoms with Gasteiger partial charge in [0.05, 0.1) is 19.1 Å². The number of aryl methyl sites for hydroxylation is 1. The normalized spacial score (nSPS) is 9.85. The zero-order valence-corrected chi connectivity index (χ0v) is 11.9. The summed E-state index contributed by atoms with van der Waals surface area (Å²) < 4.78 is 7.68. The van der Waals surface area contributed by atoms with Crippen molar-refractivity contribution in [1.29, 1.82) is 0 Å². The van der Waals surface area contributed by atoms with Gasteiger partial charge < -0.3 is 9.30 Å². The summed E-state index contributed by atoms with van der Waals surface area (Å²) in [6.07, 6.45) is 10.5. The average Bonchev–Trinajstić information content (AvgIpc) is 2.98. The molecule has 0 fully saturated rings. The van der Waals surface area contributed by atoms with E-state index in [4.69, 9.17) is 16.3 Å². The highest BCUT2D eigenvalue weighted by molar-refractivity contribution is 6.18. The zero-order chi connectivity index (χ0) is 14.0. The fourth-order valence-electron chi connectivity index (χ4n) is 1.63. The fourth-order valence-corrected chi connectivity index (χ4v) is 1.73. The van der Waals surface area contributed by atoms with Crippen LogP contribution in [-0.4, -0.2) is 27.0 Å². The summed E-state index contributed by atoms with van der Waals surface area (Å²) in [4.78, 5) is 8.11. The molecule has 0 aromatic carbocycles. The highest BCUT2D eigenvalue weighted by Crippen LogP contribution is 2.10. The van der Waals surface area contributed by atoms with Crippen molar-refractivity contribution in [1.82, 2.24) is 14.5 Å². The van der Waals surface area contributed by atoms with Crippen molar-refractivity contribution in [3.05, 3.63) is 42.7 Å². The molecule has 2 heterocycles. The topological polar surface area (TPSA) is 39.9 Å². The summed E-state index contributed by atoms with van der Waals surface area (Å²) in [5, 5.41) is 0. The molecule has 0 atom stereocenters. The van der Waals surface area contributed by atoms with Gasteiger partial charge in [-0.3, -0.25) is 4.98 Å². The van der Waals surface area contributed by atoms with E-state index in [1.165, 1.54) is 0 Å². The molecule has 2 rings (SSSR count). The predicted molar refractivity (Wildman–Crippen MR) is 78.8 cm³/mol. The number of nitrogens with zero attached hydrogens (tertiary/aromatic N) is 3. The van der Waals surface area contributed by atoms with E-state index >= 15 is 0 Å². The number of rotatable bonds is 6. The highest BCUT2D eigenvalue weighted by atomic mass is 35.5. The Kier molecular flexibility index (Phi) is 5.94. The Morgan fingerprint density at radius 3 is 3.05 bits per heavy atom. The lowest BCUT2D eigenvalue weighted by molar-refractivity contribution is 0.300. The molecule has 5 heteroatoms. The van der Waals surface area contributed by atoms with Crippen molar-refractivity contribution in [3.8, 4) is 17.6 Å². The quantitative estimate of drug-likeness (QED) is 0.466. The van der Waals surface area contributed by atoms with E-state index in [-0.39, 0.29) is 0 Å². The Hall–Kier alpha value is -1.99.